The van der Waals surface area contributed by atoms with Crippen LogP contribution >= 0.6 is 0 Å². The third-order valence-corrected chi connectivity index (χ3v) is 4.73. The van der Waals surface area contributed by atoms with Crippen LogP contribution in [0, 0.1) is 26.2 Å². The highest BCUT2D eigenvalue weighted by molar-refractivity contribution is 5.97. The molecule has 1 aliphatic rings. The Balaban J connectivity index is 2.02. The Hall–Kier alpha value is -2.04. The van der Waals surface area contributed by atoms with E-state index < -0.39 is 0 Å². The Morgan fingerprint density at radius 3 is 2.08 bits per heavy atom. The summed E-state index contributed by atoms with van der Waals surface area (Å²) in [5.74, 6) is 0.0805. The average molecular weight is 360 g/mol. The molecule has 1 fully saturated rings. The molecule has 1 aromatic carbocycles. The van der Waals surface area contributed by atoms with E-state index in [1.54, 1.807) is 0 Å². The van der Waals surface area contributed by atoms with Gasteiger partial charge in [0.1, 0.15) is 0 Å². The second kappa shape index (κ2) is 8.11. The van der Waals surface area contributed by atoms with Gasteiger partial charge in [0.15, 0.2) is 0 Å². The molecule has 3 amide bonds. The zero-order chi connectivity index (χ0) is 19.5. The maximum absolute atomic E-state index is 13.0. The Morgan fingerprint density at radius 1 is 0.962 bits per heavy atom. The maximum atomic E-state index is 13.0. The van der Waals surface area contributed by atoms with E-state index in [9.17, 15) is 9.59 Å². The highest BCUT2D eigenvalue weighted by atomic mass is 16.2. The summed E-state index contributed by atoms with van der Waals surface area (Å²) in [5.41, 5.74) is 4.09. The Labute approximate surface area is 157 Å². The second-order valence-corrected chi connectivity index (χ2v) is 8.63. The van der Waals surface area contributed by atoms with Crippen molar-refractivity contribution < 1.29 is 9.59 Å². The summed E-state index contributed by atoms with van der Waals surface area (Å²) in [6.45, 7) is 15.5. The minimum absolute atomic E-state index is 0.0306. The van der Waals surface area contributed by atoms with Gasteiger partial charge in [0.25, 0.3) is 5.91 Å². The molecule has 0 bridgehead atoms. The molecule has 1 heterocycles. The van der Waals surface area contributed by atoms with Gasteiger partial charge in [-0.1, -0.05) is 38.5 Å². The number of amides is 3. The number of nitrogens with one attached hydrogen (secondary N) is 1. The van der Waals surface area contributed by atoms with Crippen molar-refractivity contribution in [2.24, 2.45) is 5.41 Å². The summed E-state index contributed by atoms with van der Waals surface area (Å²) in [5, 5.41) is 3.00. The molecule has 5 heteroatoms. The number of benzene rings is 1. The van der Waals surface area contributed by atoms with E-state index in [-0.39, 0.29) is 17.4 Å². The van der Waals surface area contributed by atoms with Crippen LogP contribution in [0.15, 0.2) is 12.1 Å². The lowest BCUT2D eigenvalue weighted by molar-refractivity contribution is 0.0761. The molecule has 0 aromatic heterocycles. The summed E-state index contributed by atoms with van der Waals surface area (Å²) < 4.78 is 0. The molecule has 144 valence electrons. The van der Waals surface area contributed by atoms with E-state index in [1.165, 1.54) is 5.56 Å². The number of hydrogen-bond acceptors (Lipinski definition) is 2. The lowest BCUT2D eigenvalue weighted by Crippen LogP contribution is -2.45. The molecule has 0 radical (unpaired) electrons. The number of hydrogen-bond donors (Lipinski definition) is 1. The fourth-order valence-electron chi connectivity index (χ4n) is 3.45. The molecular weight excluding hydrogens is 326 g/mol. The largest absolute Gasteiger partial charge is 0.337 e. The Kier molecular flexibility index (Phi) is 6.32. The summed E-state index contributed by atoms with van der Waals surface area (Å²) >= 11 is 0. The molecule has 0 aliphatic carbocycles. The second-order valence-electron chi connectivity index (χ2n) is 8.63. The molecule has 0 saturated carbocycles. The van der Waals surface area contributed by atoms with Crippen LogP contribution < -0.4 is 5.32 Å². The van der Waals surface area contributed by atoms with Gasteiger partial charge in [-0.15, -0.1) is 0 Å². The first-order chi connectivity index (χ1) is 12.1. The molecule has 0 unspecified atom stereocenters. The zero-order valence-electron chi connectivity index (χ0n) is 17.1. The highest BCUT2D eigenvalue weighted by Gasteiger charge is 2.25. The van der Waals surface area contributed by atoms with Crippen molar-refractivity contribution in [1.29, 1.82) is 0 Å². The van der Waals surface area contributed by atoms with Crippen molar-refractivity contribution in [3.8, 4) is 0 Å². The van der Waals surface area contributed by atoms with Gasteiger partial charge in [-0.3, -0.25) is 4.79 Å². The first-order valence-electron chi connectivity index (χ1n) is 9.48. The fraction of sp³-hybridized carbons (Fsp3) is 0.619. The number of nitrogens with zero attached hydrogens (tertiary/aromatic N) is 2. The molecule has 1 saturated heterocycles. The Bertz CT molecular complexity index is 653. The first kappa shape index (κ1) is 20.3. The van der Waals surface area contributed by atoms with Crippen LogP contribution in [0.25, 0.3) is 0 Å². The summed E-state index contributed by atoms with van der Waals surface area (Å²) in [4.78, 5) is 29.2. The Morgan fingerprint density at radius 2 is 1.50 bits per heavy atom. The van der Waals surface area contributed by atoms with E-state index in [4.69, 9.17) is 0 Å². The van der Waals surface area contributed by atoms with Gasteiger partial charge in [-0.25, -0.2) is 4.79 Å². The van der Waals surface area contributed by atoms with Crippen molar-refractivity contribution in [2.75, 3.05) is 32.7 Å². The monoisotopic (exact) mass is 359 g/mol. The van der Waals surface area contributed by atoms with Gasteiger partial charge < -0.3 is 15.1 Å². The van der Waals surface area contributed by atoms with Crippen LogP contribution in [0.2, 0.25) is 0 Å². The summed E-state index contributed by atoms with van der Waals surface area (Å²) in [6, 6.07) is 4.09. The average Bonchev–Trinajstić information content (AvgIpc) is 2.76. The van der Waals surface area contributed by atoms with Crippen molar-refractivity contribution in [3.05, 3.63) is 34.4 Å². The SMILES string of the molecule is Cc1cc(C)c(C(=O)N2CCCN(C(=O)NCC(C)(C)C)CC2)c(C)c1. The third kappa shape index (κ3) is 5.23. The minimum atomic E-state index is -0.0306. The zero-order valence-corrected chi connectivity index (χ0v) is 17.1. The van der Waals surface area contributed by atoms with Gasteiger partial charge >= 0.3 is 6.03 Å². The predicted octanol–water partition coefficient (Wildman–Crippen LogP) is 3.52. The quantitative estimate of drug-likeness (QED) is 0.878. The smallest absolute Gasteiger partial charge is 0.317 e. The molecule has 1 N–H and O–H groups in total. The van der Waals surface area contributed by atoms with Gasteiger partial charge in [0.05, 0.1) is 0 Å². The molecule has 2 rings (SSSR count). The van der Waals surface area contributed by atoms with E-state index in [1.807, 2.05) is 30.6 Å². The fourth-order valence-corrected chi connectivity index (χ4v) is 3.45. The van der Waals surface area contributed by atoms with Crippen LogP contribution in [0.3, 0.4) is 0 Å². The van der Waals surface area contributed by atoms with E-state index in [2.05, 4.69) is 38.2 Å². The van der Waals surface area contributed by atoms with Crippen LogP contribution in [0.4, 0.5) is 4.79 Å². The van der Waals surface area contributed by atoms with Gasteiger partial charge in [-0.05, 0) is 43.7 Å². The number of rotatable bonds is 2. The van der Waals surface area contributed by atoms with Crippen LogP contribution in [0.5, 0.6) is 0 Å². The topological polar surface area (TPSA) is 52.7 Å². The molecule has 26 heavy (non-hydrogen) atoms. The molecular formula is C21H33N3O2. The number of aryl methyl sites for hydroxylation is 3. The van der Waals surface area contributed by atoms with E-state index in [0.717, 1.165) is 23.1 Å². The summed E-state index contributed by atoms with van der Waals surface area (Å²) in [6.07, 6.45) is 0.804. The minimum Gasteiger partial charge on any atom is -0.337 e. The van der Waals surface area contributed by atoms with Gasteiger partial charge in [0, 0.05) is 38.3 Å². The standard InChI is InChI=1S/C21H33N3O2/c1-15-12-16(2)18(17(3)13-15)19(25)23-8-7-9-24(11-10-23)20(26)22-14-21(4,5)6/h12-13H,7-11,14H2,1-6H3,(H,22,26). The van der Waals surface area contributed by atoms with Crippen molar-refractivity contribution >= 4 is 11.9 Å². The third-order valence-electron chi connectivity index (χ3n) is 4.73. The van der Waals surface area contributed by atoms with E-state index in [0.29, 0.717) is 32.7 Å². The van der Waals surface area contributed by atoms with Gasteiger partial charge in [-0.2, -0.15) is 0 Å². The number of urea groups is 1. The number of carbonyl (C=O) groups excluding carboxylic acids is 2. The van der Waals surface area contributed by atoms with Crippen molar-refractivity contribution in [1.82, 2.24) is 15.1 Å². The van der Waals surface area contributed by atoms with Gasteiger partial charge in [0.2, 0.25) is 0 Å². The molecule has 0 atom stereocenters. The van der Waals surface area contributed by atoms with Crippen molar-refractivity contribution in [2.45, 2.75) is 48.0 Å². The molecule has 1 aromatic rings. The van der Waals surface area contributed by atoms with E-state index >= 15 is 0 Å². The number of carbonyl (C=O) groups is 2. The van der Waals surface area contributed by atoms with Crippen LogP contribution in [-0.4, -0.2) is 54.5 Å². The van der Waals surface area contributed by atoms with Crippen LogP contribution in [0.1, 0.15) is 54.2 Å². The lowest BCUT2D eigenvalue weighted by atomic mass is 9.97. The lowest BCUT2D eigenvalue weighted by Gasteiger charge is -2.25. The molecule has 5 nitrogen and oxygen atoms in total. The normalized spacial score (nSPS) is 15.6. The predicted molar refractivity (Wildman–Crippen MR) is 106 cm³/mol. The maximum Gasteiger partial charge on any atom is 0.317 e. The molecule has 1 aliphatic heterocycles. The van der Waals surface area contributed by atoms with Crippen LogP contribution in [-0.2, 0) is 0 Å². The molecule has 0 spiro atoms. The highest BCUT2D eigenvalue weighted by Crippen LogP contribution is 2.19. The van der Waals surface area contributed by atoms with Crippen molar-refractivity contribution in [3.63, 3.8) is 0 Å². The summed E-state index contributed by atoms with van der Waals surface area (Å²) in [7, 11) is 0. The first-order valence-corrected chi connectivity index (χ1v) is 9.48.